The summed E-state index contributed by atoms with van der Waals surface area (Å²) in [6.45, 7) is 12.1. The van der Waals surface area contributed by atoms with E-state index in [-0.39, 0.29) is 30.3 Å². The fraction of sp³-hybridized carbons (Fsp3) is 0.483. The van der Waals surface area contributed by atoms with E-state index in [4.69, 9.17) is 21.4 Å². The zero-order chi connectivity index (χ0) is 26.5. The minimum atomic E-state index is -0.326. The van der Waals surface area contributed by atoms with E-state index in [9.17, 15) is 9.59 Å². The summed E-state index contributed by atoms with van der Waals surface area (Å²) >= 11 is 6.58. The Bertz CT molecular complexity index is 1160. The molecule has 0 radical (unpaired) electrons. The third-order valence-electron chi connectivity index (χ3n) is 7.19. The lowest BCUT2D eigenvalue weighted by molar-refractivity contribution is -0.143. The minimum Gasteiger partial charge on any atom is -0.379 e. The lowest BCUT2D eigenvalue weighted by atomic mass is 9.96. The SMILES string of the molecule is Cc1ccc(C2=NN(C(=O)CN(CCN3CCOCC3)C(=O)C(C)C)[C@@H](c3ccccc3Cl)C2)cc1C. The van der Waals surface area contributed by atoms with Gasteiger partial charge < -0.3 is 9.64 Å². The van der Waals surface area contributed by atoms with Crippen LogP contribution in [0.15, 0.2) is 47.6 Å². The molecule has 2 aliphatic rings. The van der Waals surface area contributed by atoms with Crippen molar-refractivity contribution in [2.24, 2.45) is 11.0 Å². The summed E-state index contributed by atoms with van der Waals surface area (Å²) in [6, 6.07) is 13.5. The molecule has 0 aromatic heterocycles. The topological polar surface area (TPSA) is 65.5 Å². The molecule has 0 saturated carbocycles. The van der Waals surface area contributed by atoms with Crippen molar-refractivity contribution in [2.45, 2.75) is 40.2 Å². The first-order valence-electron chi connectivity index (χ1n) is 13.0. The van der Waals surface area contributed by atoms with Gasteiger partial charge in [-0.2, -0.15) is 5.10 Å². The van der Waals surface area contributed by atoms with E-state index in [0.29, 0.717) is 37.7 Å². The number of nitrogens with zero attached hydrogens (tertiary/aromatic N) is 4. The Morgan fingerprint density at radius 3 is 2.51 bits per heavy atom. The number of carbonyl (C=O) groups excluding carboxylic acids is 2. The van der Waals surface area contributed by atoms with Crippen molar-refractivity contribution in [1.82, 2.24) is 14.8 Å². The van der Waals surface area contributed by atoms with E-state index in [1.165, 1.54) is 11.1 Å². The van der Waals surface area contributed by atoms with Crippen molar-refractivity contribution in [3.8, 4) is 0 Å². The van der Waals surface area contributed by atoms with Crippen LogP contribution in [0.5, 0.6) is 0 Å². The fourth-order valence-corrected chi connectivity index (χ4v) is 5.04. The van der Waals surface area contributed by atoms with Crippen LogP contribution in [-0.4, -0.2) is 78.3 Å². The number of aryl methyl sites for hydroxylation is 2. The van der Waals surface area contributed by atoms with Gasteiger partial charge in [-0.05, 0) is 48.2 Å². The number of halogens is 1. The first-order chi connectivity index (χ1) is 17.7. The highest BCUT2D eigenvalue weighted by Gasteiger charge is 2.35. The van der Waals surface area contributed by atoms with Crippen molar-refractivity contribution < 1.29 is 14.3 Å². The van der Waals surface area contributed by atoms with Gasteiger partial charge in [-0.25, -0.2) is 5.01 Å². The molecule has 1 saturated heterocycles. The van der Waals surface area contributed by atoms with Crippen molar-refractivity contribution in [3.63, 3.8) is 0 Å². The van der Waals surface area contributed by atoms with E-state index in [2.05, 4.69) is 36.9 Å². The van der Waals surface area contributed by atoms with Gasteiger partial charge in [0.1, 0.15) is 6.54 Å². The first kappa shape index (κ1) is 27.3. The molecule has 2 amide bonds. The van der Waals surface area contributed by atoms with Crippen LogP contribution in [0.2, 0.25) is 5.02 Å². The smallest absolute Gasteiger partial charge is 0.262 e. The van der Waals surface area contributed by atoms with Crippen LogP contribution in [0.3, 0.4) is 0 Å². The molecule has 37 heavy (non-hydrogen) atoms. The molecule has 0 spiro atoms. The molecule has 198 valence electrons. The van der Waals surface area contributed by atoms with Gasteiger partial charge in [-0.15, -0.1) is 0 Å². The van der Waals surface area contributed by atoms with E-state index < -0.39 is 0 Å². The molecule has 0 bridgehead atoms. The number of hydrogen-bond donors (Lipinski definition) is 0. The van der Waals surface area contributed by atoms with Crippen molar-refractivity contribution in [1.29, 1.82) is 0 Å². The molecule has 8 heteroatoms. The van der Waals surface area contributed by atoms with Crippen molar-refractivity contribution in [2.75, 3.05) is 45.9 Å². The second-order valence-electron chi connectivity index (χ2n) is 10.2. The van der Waals surface area contributed by atoms with Gasteiger partial charge in [-0.3, -0.25) is 14.5 Å². The molecule has 0 unspecified atom stereocenters. The van der Waals surface area contributed by atoms with Crippen molar-refractivity contribution >= 4 is 29.1 Å². The number of amides is 2. The predicted molar refractivity (Wildman–Crippen MR) is 147 cm³/mol. The van der Waals surface area contributed by atoms with Crippen LogP contribution >= 0.6 is 11.6 Å². The summed E-state index contributed by atoms with van der Waals surface area (Å²) in [5, 5.41) is 6.96. The van der Waals surface area contributed by atoms with Crippen LogP contribution in [0.25, 0.3) is 0 Å². The molecule has 1 atom stereocenters. The van der Waals surface area contributed by atoms with Gasteiger partial charge in [0.25, 0.3) is 5.91 Å². The number of hydrogen-bond acceptors (Lipinski definition) is 5. The molecule has 0 N–H and O–H groups in total. The molecular weight excluding hydrogens is 488 g/mol. The second kappa shape index (κ2) is 12.2. The van der Waals surface area contributed by atoms with Crippen LogP contribution in [-0.2, 0) is 14.3 Å². The lowest BCUT2D eigenvalue weighted by Gasteiger charge is -2.32. The molecule has 1 fully saturated rings. The molecule has 4 rings (SSSR count). The predicted octanol–water partition coefficient (Wildman–Crippen LogP) is 4.45. The number of benzene rings is 2. The number of morpholine rings is 1. The average Bonchev–Trinajstić information content (AvgIpc) is 3.34. The largest absolute Gasteiger partial charge is 0.379 e. The second-order valence-corrected chi connectivity index (χ2v) is 10.6. The van der Waals surface area contributed by atoms with Crippen LogP contribution < -0.4 is 0 Å². The maximum atomic E-state index is 13.8. The van der Waals surface area contributed by atoms with E-state index in [1.54, 1.807) is 9.91 Å². The molecule has 2 aliphatic heterocycles. The number of carbonyl (C=O) groups is 2. The Kier molecular flexibility index (Phi) is 9.00. The first-order valence-corrected chi connectivity index (χ1v) is 13.4. The quantitative estimate of drug-likeness (QED) is 0.511. The number of hydrazone groups is 1. The minimum absolute atomic E-state index is 0.0218. The van der Waals surface area contributed by atoms with Crippen LogP contribution in [0, 0.1) is 19.8 Å². The Morgan fingerprint density at radius 2 is 1.84 bits per heavy atom. The van der Waals surface area contributed by atoms with Gasteiger partial charge in [0.05, 0.1) is 25.0 Å². The summed E-state index contributed by atoms with van der Waals surface area (Å²) in [7, 11) is 0. The van der Waals surface area contributed by atoms with Gasteiger partial charge in [0.15, 0.2) is 0 Å². The third kappa shape index (κ3) is 6.58. The highest BCUT2D eigenvalue weighted by molar-refractivity contribution is 6.31. The highest BCUT2D eigenvalue weighted by atomic mass is 35.5. The summed E-state index contributed by atoms with van der Waals surface area (Å²) in [5.74, 6) is -0.446. The normalized spacial score (nSPS) is 18.3. The molecule has 2 aromatic carbocycles. The van der Waals surface area contributed by atoms with Gasteiger partial charge in [0, 0.05) is 43.5 Å². The fourth-order valence-electron chi connectivity index (χ4n) is 4.78. The highest BCUT2D eigenvalue weighted by Crippen LogP contribution is 2.36. The zero-order valence-corrected chi connectivity index (χ0v) is 23.0. The monoisotopic (exact) mass is 524 g/mol. The number of ether oxygens (including phenoxy) is 1. The summed E-state index contributed by atoms with van der Waals surface area (Å²) in [6.07, 6.45) is 0.559. The van der Waals surface area contributed by atoms with E-state index >= 15 is 0 Å². The Labute approximate surface area is 225 Å². The Hall–Kier alpha value is -2.74. The van der Waals surface area contributed by atoms with Crippen LogP contribution in [0.1, 0.15) is 48.6 Å². The summed E-state index contributed by atoms with van der Waals surface area (Å²) < 4.78 is 5.44. The molecule has 0 aliphatic carbocycles. The summed E-state index contributed by atoms with van der Waals surface area (Å²) in [5.41, 5.74) is 5.08. The maximum Gasteiger partial charge on any atom is 0.262 e. The molecule has 2 aromatic rings. The zero-order valence-electron chi connectivity index (χ0n) is 22.2. The number of rotatable bonds is 8. The van der Waals surface area contributed by atoms with Gasteiger partial charge >= 0.3 is 0 Å². The Morgan fingerprint density at radius 1 is 1.11 bits per heavy atom. The summed E-state index contributed by atoms with van der Waals surface area (Å²) in [4.78, 5) is 30.8. The molecule has 2 heterocycles. The average molecular weight is 525 g/mol. The lowest BCUT2D eigenvalue weighted by Crippen LogP contribution is -2.47. The van der Waals surface area contributed by atoms with Crippen LogP contribution in [0.4, 0.5) is 0 Å². The Balaban J connectivity index is 1.59. The third-order valence-corrected chi connectivity index (χ3v) is 7.54. The molecular formula is C29H37ClN4O3. The van der Waals surface area contributed by atoms with Gasteiger partial charge in [0.2, 0.25) is 5.91 Å². The van der Waals surface area contributed by atoms with Crippen molar-refractivity contribution in [3.05, 3.63) is 69.7 Å². The van der Waals surface area contributed by atoms with Gasteiger partial charge in [-0.1, -0.05) is 55.8 Å². The maximum absolute atomic E-state index is 13.8. The standard InChI is InChI=1S/C29H37ClN4O3/c1-20(2)29(36)33(12-11-32-13-15-37-16-14-32)19-28(35)34-27(24-7-5-6-8-25(24)30)18-26(31-34)23-10-9-21(3)22(4)17-23/h5-10,17,20,27H,11-16,18-19H2,1-4H3/t27-/m1/s1. The van der Waals surface area contributed by atoms with E-state index in [0.717, 1.165) is 29.9 Å². The van der Waals surface area contributed by atoms with E-state index in [1.807, 2.05) is 38.1 Å². The molecule has 7 nitrogen and oxygen atoms in total.